The van der Waals surface area contributed by atoms with Crippen LogP contribution in [0, 0.1) is 0 Å². The summed E-state index contributed by atoms with van der Waals surface area (Å²) in [6.45, 7) is 5.82. The van der Waals surface area contributed by atoms with Gasteiger partial charge in [-0.3, -0.25) is 9.78 Å². The van der Waals surface area contributed by atoms with Gasteiger partial charge >= 0.3 is 0 Å². The molecular weight excluding hydrogens is 362 g/mol. The Balaban J connectivity index is 1.51. The standard InChI is InChI=1S/C23H25N5O/c1-15(2)17-5-3-4-16(10-17)11-22(29)21-12-19(6-8-25-21)28-9-7-20-18(14-28)13-26-23(24)27-20/h3-6,8,10,12-13,15H,7,9,11,14H2,1-2H3,(H2,24,26,27). The number of Topliss-reactive ketones (excluding diaryl/α,β-unsaturated/α-hetero) is 1. The molecule has 0 unspecified atom stereocenters. The number of aromatic nitrogens is 3. The van der Waals surface area contributed by atoms with E-state index in [0.717, 1.165) is 35.5 Å². The van der Waals surface area contributed by atoms with E-state index < -0.39 is 0 Å². The summed E-state index contributed by atoms with van der Waals surface area (Å²) >= 11 is 0. The first-order valence-corrected chi connectivity index (χ1v) is 9.93. The average Bonchev–Trinajstić information content (AvgIpc) is 2.73. The van der Waals surface area contributed by atoms with E-state index in [1.807, 2.05) is 24.3 Å². The molecule has 0 aliphatic carbocycles. The Morgan fingerprint density at radius 1 is 1.21 bits per heavy atom. The lowest BCUT2D eigenvalue weighted by atomic mass is 9.98. The highest BCUT2D eigenvalue weighted by Crippen LogP contribution is 2.24. The maximum Gasteiger partial charge on any atom is 0.220 e. The van der Waals surface area contributed by atoms with Gasteiger partial charge in [-0.1, -0.05) is 38.1 Å². The number of rotatable bonds is 5. The van der Waals surface area contributed by atoms with Gasteiger partial charge in [0.1, 0.15) is 5.69 Å². The normalized spacial score (nSPS) is 13.4. The van der Waals surface area contributed by atoms with Crippen molar-refractivity contribution in [3.63, 3.8) is 0 Å². The Hall–Kier alpha value is -3.28. The first kappa shape index (κ1) is 19.1. The molecule has 29 heavy (non-hydrogen) atoms. The zero-order valence-corrected chi connectivity index (χ0v) is 16.8. The summed E-state index contributed by atoms with van der Waals surface area (Å²) in [6, 6.07) is 12.1. The van der Waals surface area contributed by atoms with Crippen LogP contribution in [0.1, 0.15) is 52.6 Å². The first-order chi connectivity index (χ1) is 14.0. The maximum absolute atomic E-state index is 12.9. The Morgan fingerprint density at radius 3 is 2.90 bits per heavy atom. The molecular formula is C23H25N5O. The zero-order valence-electron chi connectivity index (χ0n) is 16.8. The summed E-state index contributed by atoms with van der Waals surface area (Å²) in [6.07, 6.45) is 4.66. The summed E-state index contributed by atoms with van der Waals surface area (Å²) in [4.78, 5) is 27.8. The highest BCUT2D eigenvalue weighted by Gasteiger charge is 2.20. The summed E-state index contributed by atoms with van der Waals surface area (Å²) in [5.74, 6) is 0.782. The predicted molar refractivity (Wildman–Crippen MR) is 114 cm³/mol. The average molecular weight is 387 g/mol. The van der Waals surface area contributed by atoms with E-state index in [2.05, 4.69) is 45.8 Å². The second-order valence-corrected chi connectivity index (χ2v) is 7.77. The molecule has 1 aliphatic heterocycles. The lowest BCUT2D eigenvalue weighted by Gasteiger charge is -2.30. The van der Waals surface area contributed by atoms with Gasteiger partial charge in [-0.05, 0) is 29.2 Å². The maximum atomic E-state index is 12.9. The van der Waals surface area contributed by atoms with E-state index in [-0.39, 0.29) is 5.78 Å². The molecule has 2 N–H and O–H groups in total. The number of nitrogens with zero attached hydrogens (tertiary/aromatic N) is 4. The van der Waals surface area contributed by atoms with Crippen LogP contribution in [0.25, 0.3) is 0 Å². The molecule has 6 nitrogen and oxygen atoms in total. The van der Waals surface area contributed by atoms with Crippen molar-refractivity contribution in [2.24, 2.45) is 0 Å². The largest absolute Gasteiger partial charge is 0.368 e. The molecule has 0 fully saturated rings. The van der Waals surface area contributed by atoms with Crippen molar-refractivity contribution in [2.45, 2.75) is 39.2 Å². The molecule has 0 radical (unpaired) electrons. The highest BCUT2D eigenvalue weighted by molar-refractivity contribution is 5.96. The number of carbonyl (C=O) groups is 1. The summed E-state index contributed by atoms with van der Waals surface area (Å²) in [7, 11) is 0. The van der Waals surface area contributed by atoms with Crippen LogP contribution in [0.15, 0.2) is 48.8 Å². The van der Waals surface area contributed by atoms with Crippen LogP contribution in [-0.4, -0.2) is 27.3 Å². The Bertz CT molecular complexity index is 1050. The molecule has 0 atom stereocenters. The number of nitrogens with two attached hydrogens (primary N) is 1. The van der Waals surface area contributed by atoms with E-state index in [1.165, 1.54) is 5.56 Å². The van der Waals surface area contributed by atoms with Crippen molar-refractivity contribution in [3.05, 3.63) is 76.9 Å². The third kappa shape index (κ3) is 4.26. The number of benzene rings is 1. The van der Waals surface area contributed by atoms with Crippen molar-refractivity contribution in [1.82, 2.24) is 15.0 Å². The molecule has 0 bridgehead atoms. The molecule has 4 rings (SSSR count). The van der Waals surface area contributed by atoms with Crippen LogP contribution >= 0.6 is 0 Å². The van der Waals surface area contributed by atoms with E-state index in [0.29, 0.717) is 30.5 Å². The Kier molecular flexibility index (Phi) is 5.25. The fourth-order valence-electron chi connectivity index (χ4n) is 3.66. The van der Waals surface area contributed by atoms with Gasteiger partial charge in [0, 0.05) is 49.6 Å². The molecule has 0 saturated heterocycles. The number of fused-ring (bicyclic) bond motifs is 1. The van der Waals surface area contributed by atoms with E-state index in [1.54, 1.807) is 12.4 Å². The quantitative estimate of drug-likeness (QED) is 0.674. The second-order valence-electron chi connectivity index (χ2n) is 7.77. The van der Waals surface area contributed by atoms with Gasteiger partial charge in [-0.15, -0.1) is 0 Å². The van der Waals surface area contributed by atoms with Gasteiger partial charge in [0.2, 0.25) is 5.95 Å². The molecule has 6 heteroatoms. The Labute approximate surface area is 170 Å². The van der Waals surface area contributed by atoms with Crippen molar-refractivity contribution in [2.75, 3.05) is 17.2 Å². The van der Waals surface area contributed by atoms with Crippen molar-refractivity contribution >= 4 is 17.4 Å². The second kappa shape index (κ2) is 7.99. The molecule has 0 spiro atoms. The van der Waals surface area contributed by atoms with Crippen molar-refractivity contribution < 1.29 is 4.79 Å². The number of carbonyl (C=O) groups excluding carboxylic acids is 1. The fraction of sp³-hybridized carbons (Fsp3) is 0.304. The molecule has 3 heterocycles. The molecule has 0 saturated carbocycles. The number of pyridine rings is 1. The molecule has 3 aromatic rings. The number of ketones is 1. The molecule has 1 aromatic carbocycles. The minimum Gasteiger partial charge on any atom is -0.368 e. The number of hydrogen-bond donors (Lipinski definition) is 1. The smallest absolute Gasteiger partial charge is 0.220 e. The SMILES string of the molecule is CC(C)c1cccc(CC(=O)c2cc(N3CCc4nc(N)ncc4C3)ccn2)c1. The van der Waals surface area contributed by atoms with Gasteiger partial charge in [0.25, 0.3) is 0 Å². The Morgan fingerprint density at radius 2 is 2.07 bits per heavy atom. The van der Waals surface area contributed by atoms with Gasteiger partial charge in [-0.2, -0.15) is 0 Å². The van der Waals surface area contributed by atoms with Crippen molar-refractivity contribution in [1.29, 1.82) is 0 Å². The van der Waals surface area contributed by atoms with Gasteiger partial charge < -0.3 is 10.6 Å². The van der Waals surface area contributed by atoms with Crippen LogP contribution in [0.3, 0.4) is 0 Å². The van der Waals surface area contributed by atoms with Crippen LogP contribution < -0.4 is 10.6 Å². The van der Waals surface area contributed by atoms with E-state index in [9.17, 15) is 4.79 Å². The summed E-state index contributed by atoms with van der Waals surface area (Å²) in [5.41, 5.74) is 11.5. The third-order valence-corrected chi connectivity index (χ3v) is 5.33. The molecule has 148 valence electrons. The lowest BCUT2D eigenvalue weighted by Crippen LogP contribution is -2.31. The molecule has 1 aliphatic rings. The van der Waals surface area contributed by atoms with Gasteiger partial charge in [-0.25, -0.2) is 9.97 Å². The number of anilines is 2. The molecule has 2 aromatic heterocycles. The number of hydrogen-bond acceptors (Lipinski definition) is 6. The van der Waals surface area contributed by atoms with E-state index >= 15 is 0 Å². The summed E-state index contributed by atoms with van der Waals surface area (Å²) < 4.78 is 0. The van der Waals surface area contributed by atoms with Gasteiger partial charge in [0.15, 0.2) is 5.78 Å². The monoisotopic (exact) mass is 387 g/mol. The topological polar surface area (TPSA) is 85.0 Å². The zero-order chi connectivity index (χ0) is 20.4. The van der Waals surface area contributed by atoms with Crippen LogP contribution in [-0.2, 0) is 19.4 Å². The molecule has 0 amide bonds. The minimum absolute atomic E-state index is 0.0290. The fourth-order valence-corrected chi connectivity index (χ4v) is 3.66. The van der Waals surface area contributed by atoms with Crippen LogP contribution in [0.2, 0.25) is 0 Å². The van der Waals surface area contributed by atoms with Gasteiger partial charge in [0.05, 0.1) is 5.69 Å². The lowest BCUT2D eigenvalue weighted by molar-refractivity contribution is 0.0988. The van der Waals surface area contributed by atoms with Crippen LogP contribution in [0.5, 0.6) is 0 Å². The minimum atomic E-state index is 0.0290. The van der Waals surface area contributed by atoms with Crippen LogP contribution in [0.4, 0.5) is 11.6 Å². The van der Waals surface area contributed by atoms with E-state index in [4.69, 9.17) is 5.73 Å². The summed E-state index contributed by atoms with van der Waals surface area (Å²) in [5, 5.41) is 0. The highest BCUT2D eigenvalue weighted by atomic mass is 16.1. The first-order valence-electron chi connectivity index (χ1n) is 9.93. The third-order valence-electron chi connectivity index (χ3n) is 5.33. The van der Waals surface area contributed by atoms with Crippen molar-refractivity contribution in [3.8, 4) is 0 Å². The number of nitrogen functional groups attached to an aromatic ring is 1. The predicted octanol–water partition coefficient (Wildman–Crippen LogP) is 3.57.